The Balaban J connectivity index is 1.98. The third kappa shape index (κ3) is 4.57. The van der Waals surface area contributed by atoms with Crippen LogP contribution >= 0.6 is 0 Å². The Morgan fingerprint density at radius 1 is 1.16 bits per heavy atom. The van der Waals surface area contributed by atoms with Crippen molar-refractivity contribution in [2.24, 2.45) is 0 Å². The molecule has 0 fully saturated rings. The number of hydrogen-bond donors (Lipinski definition) is 1. The first kappa shape index (κ1) is 25.3. The van der Waals surface area contributed by atoms with Crippen LogP contribution in [0.1, 0.15) is 43.0 Å². The van der Waals surface area contributed by atoms with Gasteiger partial charge in [-0.3, -0.25) is 4.90 Å². The maximum absolute atomic E-state index is 13.5. The SMILES string of the molecule is CCCN(C(=O)O)c1nc2n(n1)[C@H](c1ccc(C#N)cc1)C(C#N)=C(C)N2c1cccc(C(F)(F)F)c1. The van der Waals surface area contributed by atoms with Crippen molar-refractivity contribution in [3.8, 4) is 12.1 Å². The van der Waals surface area contributed by atoms with Gasteiger partial charge in [-0.25, -0.2) is 14.4 Å². The van der Waals surface area contributed by atoms with E-state index in [1.54, 1.807) is 38.1 Å². The van der Waals surface area contributed by atoms with Gasteiger partial charge in [0.15, 0.2) is 0 Å². The molecule has 188 valence electrons. The Morgan fingerprint density at radius 2 is 1.86 bits per heavy atom. The van der Waals surface area contributed by atoms with E-state index in [0.717, 1.165) is 17.0 Å². The van der Waals surface area contributed by atoms with Crippen LogP contribution in [-0.2, 0) is 6.18 Å². The van der Waals surface area contributed by atoms with Crippen molar-refractivity contribution < 1.29 is 23.1 Å². The van der Waals surface area contributed by atoms with Crippen LogP contribution in [0, 0.1) is 22.7 Å². The number of allylic oxidation sites excluding steroid dienone is 2. The molecule has 9 nitrogen and oxygen atoms in total. The molecule has 1 aliphatic heterocycles. The minimum atomic E-state index is -4.60. The van der Waals surface area contributed by atoms with Crippen molar-refractivity contribution in [1.82, 2.24) is 14.8 Å². The molecule has 0 aliphatic carbocycles. The van der Waals surface area contributed by atoms with E-state index in [9.17, 15) is 28.3 Å². The van der Waals surface area contributed by atoms with Crippen molar-refractivity contribution in [3.63, 3.8) is 0 Å². The van der Waals surface area contributed by atoms with Crippen LogP contribution in [0.4, 0.5) is 35.5 Å². The Bertz CT molecular complexity index is 1460. The van der Waals surface area contributed by atoms with Gasteiger partial charge in [-0.2, -0.15) is 28.7 Å². The number of carboxylic acid groups (broad SMARTS) is 1. The summed E-state index contributed by atoms with van der Waals surface area (Å²) >= 11 is 0. The van der Waals surface area contributed by atoms with Gasteiger partial charge < -0.3 is 5.11 Å². The first-order chi connectivity index (χ1) is 17.6. The van der Waals surface area contributed by atoms with Crippen LogP contribution in [0.2, 0.25) is 0 Å². The molecule has 0 unspecified atom stereocenters. The highest BCUT2D eigenvalue weighted by Crippen LogP contribution is 2.43. The number of aromatic nitrogens is 3. The lowest BCUT2D eigenvalue weighted by molar-refractivity contribution is -0.137. The van der Waals surface area contributed by atoms with E-state index in [-0.39, 0.29) is 29.7 Å². The normalized spacial score (nSPS) is 15.1. The predicted octanol–water partition coefficient (Wildman–Crippen LogP) is 5.60. The molecule has 37 heavy (non-hydrogen) atoms. The molecule has 1 aliphatic rings. The highest BCUT2D eigenvalue weighted by Gasteiger charge is 2.38. The van der Waals surface area contributed by atoms with Gasteiger partial charge in [0.1, 0.15) is 6.04 Å². The zero-order valence-electron chi connectivity index (χ0n) is 19.7. The third-order valence-electron chi connectivity index (χ3n) is 5.87. The molecule has 0 radical (unpaired) electrons. The highest BCUT2D eigenvalue weighted by atomic mass is 19.4. The maximum atomic E-state index is 13.5. The fraction of sp³-hybridized carbons (Fsp3) is 0.240. The van der Waals surface area contributed by atoms with Crippen LogP contribution in [0.3, 0.4) is 0 Å². The Hall–Kier alpha value is -4.84. The summed E-state index contributed by atoms with van der Waals surface area (Å²) in [6.45, 7) is 3.44. The van der Waals surface area contributed by atoms with Gasteiger partial charge in [-0.1, -0.05) is 25.1 Å². The second-order valence-corrected chi connectivity index (χ2v) is 8.22. The third-order valence-corrected chi connectivity index (χ3v) is 5.87. The number of benzene rings is 2. The number of nitrogens with zero attached hydrogens (tertiary/aromatic N) is 7. The van der Waals surface area contributed by atoms with Crippen LogP contribution in [-0.4, -0.2) is 32.5 Å². The first-order valence-corrected chi connectivity index (χ1v) is 11.2. The minimum absolute atomic E-state index is 0.0440. The lowest BCUT2D eigenvalue weighted by Crippen LogP contribution is -2.31. The summed E-state index contributed by atoms with van der Waals surface area (Å²) in [5, 5.41) is 33.4. The average molecular weight is 507 g/mol. The number of nitriles is 2. The van der Waals surface area contributed by atoms with Crippen LogP contribution in [0.5, 0.6) is 0 Å². The van der Waals surface area contributed by atoms with Gasteiger partial charge in [0.25, 0.3) is 5.95 Å². The number of hydrogen-bond acceptors (Lipinski definition) is 6. The molecule has 1 amide bonds. The monoisotopic (exact) mass is 507 g/mol. The van der Waals surface area contributed by atoms with E-state index in [1.807, 2.05) is 6.07 Å². The lowest BCUT2D eigenvalue weighted by Gasteiger charge is -2.34. The number of rotatable bonds is 5. The fourth-order valence-corrected chi connectivity index (χ4v) is 4.16. The van der Waals surface area contributed by atoms with Gasteiger partial charge in [-0.15, -0.1) is 5.10 Å². The number of amides is 1. The van der Waals surface area contributed by atoms with E-state index in [1.165, 1.54) is 21.7 Å². The summed E-state index contributed by atoms with van der Waals surface area (Å²) in [5.74, 6) is -0.130. The quantitative estimate of drug-likeness (QED) is 0.477. The predicted molar refractivity (Wildman–Crippen MR) is 127 cm³/mol. The van der Waals surface area contributed by atoms with Crippen molar-refractivity contribution in [1.29, 1.82) is 10.5 Å². The molecule has 1 aromatic heterocycles. The number of halogens is 3. The van der Waals surface area contributed by atoms with Gasteiger partial charge >= 0.3 is 12.3 Å². The molecule has 12 heteroatoms. The minimum Gasteiger partial charge on any atom is -0.465 e. The number of fused-ring (bicyclic) bond motifs is 1. The van der Waals surface area contributed by atoms with E-state index in [0.29, 0.717) is 23.2 Å². The molecule has 0 saturated carbocycles. The standard InChI is InChI=1S/C25H20F3N7O2/c1-3-11-33(24(36)37)22-31-23-34(19-6-4-5-18(12-19)25(26,27)28)15(2)20(14-30)21(35(23)32-22)17-9-7-16(13-29)8-10-17/h4-10,12,21H,3,11H2,1-2H3,(H,36,37)/t21-/m1/s1. The smallest absolute Gasteiger partial charge is 0.416 e. The van der Waals surface area contributed by atoms with E-state index < -0.39 is 23.9 Å². The maximum Gasteiger partial charge on any atom is 0.416 e. The van der Waals surface area contributed by atoms with Gasteiger partial charge in [-0.05, 0) is 49.2 Å². The number of alkyl halides is 3. The second kappa shape index (κ2) is 9.66. The van der Waals surface area contributed by atoms with Gasteiger partial charge in [0.2, 0.25) is 5.95 Å². The molecule has 1 N–H and O–H groups in total. The average Bonchev–Trinajstić information content (AvgIpc) is 3.29. The van der Waals surface area contributed by atoms with Crippen molar-refractivity contribution in [3.05, 3.63) is 76.5 Å². The van der Waals surface area contributed by atoms with Gasteiger partial charge in [0, 0.05) is 17.9 Å². The first-order valence-electron chi connectivity index (χ1n) is 11.2. The Morgan fingerprint density at radius 3 is 2.43 bits per heavy atom. The van der Waals surface area contributed by atoms with Crippen LogP contribution in [0.15, 0.2) is 59.8 Å². The topological polar surface area (TPSA) is 122 Å². The largest absolute Gasteiger partial charge is 0.465 e. The number of anilines is 3. The summed E-state index contributed by atoms with van der Waals surface area (Å²) in [6.07, 6.45) is -5.43. The van der Waals surface area contributed by atoms with E-state index >= 15 is 0 Å². The summed E-state index contributed by atoms with van der Waals surface area (Å²) in [5.41, 5.74) is 0.617. The molecule has 2 heterocycles. The molecular formula is C25H20F3N7O2. The van der Waals surface area contributed by atoms with Crippen molar-refractivity contribution >= 4 is 23.7 Å². The lowest BCUT2D eigenvalue weighted by atomic mass is 9.95. The Kier molecular flexibility index (Phi) is 6.60. The molecular weight excluding hydrogens is 487 g/mol. The van der Waals surface area contributed by atoms with Crippen LogP contribution < -0.4 is 9.80 Å². The molecule has 1 atom stereocenters. The molecule has 0 spiro atoms. The summed E-state index contributed by atoms with van der Waals surface area (Å²) in [6, 6.07) is 14.3. The second-order valence-electron chi connectivity index (χ2n) is 8.22. The van der Waals surface area contributed by atoms with Crippen molar-refractivity contribution in [2.45, 2.75) is 32.5 Å². The number of carbonyl (C=O) groups is 1. The van der Waals surface area contributed by atoms with Crippen molar-refractivity contribution in [2.75, 3.05) is 16.3 Å². The van der Waals surface area contributed by atoms with E-state index in [2.05, 4.69) is 16.2 Å². The summed E-state index contributed by atoms with van der Waals surface area (Å²) in [4.78, 5) is 18.6. The molecule has 3 aromatic rings. The molecule has 0 saturated heterocycles. The molecule has 0 bridgehead atoms. The Labute approximate surface area is 209 Å². The fourth-order valence-electron chi connectivity index (χ4n) is 4.16. The van der Waals surface area contributed by atoms with Gasteiger partial charge in [0.05, 0.1) is 28.8 Å². The summed E-state index contributed by atoms with van der Waals surface area (Å²) in [7, 11) is 0. The molecule has 4 rings (SSSR count). The zero-order valence-corrected chi connectivity index (χ0v) is 19.7. The molecule has 2 aromatic carbocycles. The summed E-state index contributed by atoms with van der Waals surface area (Å²) < 4.78 is 41.8. The zero-order chi connectivity index (χ0) is 26.9. The van der Waals surface area contributed by atoms with E-state index in [4.69, 9.17) is 5.26 Å². The highest BCUT2D eigenvalue weighted by molar-refractivity contribution is 5.84. The van der Waals surface area contributed by atoms with Crippen LogP contribution in [0.25, 0.3) is 0 Å².